The summed E-state index contributed by atoms with van der Waals surface area (Å²) in [6, 6.07) is 8.64. The van der Waals surface area contributed by atoms with Gasteiger partial charge < -0.3 is 14.8 Å². The zero-order valence-electron chi connectivity index (χ0n) is 21.5. The summed E-state index contributed by atoms with van der Waals surface area (Å²) in [5.74, 6) is 0.443. The molecule has 37 heavy (non-hydrogen) atoms. The van der Waals surface area contributed by atoms with E-state index < -0.39 is 12.6 Å². The van der Waals surface area contributed by atoms with Crippen LogP contribution in [0.3, 0.4) is 0 Å². The summed E-state index contributed by atoms with van der Waals surface area (Å²) < 4.78 is 39.2. The first-order chi connectivity index (χ1) is 17.7. The second-order valence-electron chi connectivity index (χ2n) is 10.3. The first-order valence-electron chi connectivity index (χ1n) is 13.5. The molecular formula is C28H37F3N4O2. The molecule has 1 fully saturated rings. The maximum atomic E-state index is 12.8. The van der Waals surface area contributed by atoms with Crippen LogP contribution in [-0.4, -0.2) is 52.2 Å². The molecule has 0 radical (unpaired) electrons. The molecule has 3 heterocycles. The van der Waals surface area contributed by atoms with Crippen molar-refractivity contribution in [3.8, 4) is 0 Å². The molecule has 202 valence electrons. The number of amides is 1. The fourth-order valence-corrected chi connectivity index (χ4v) is 5.57. The lowest BCUT2D eigenvalue weighted by atomic mass is 9.84. The van der Waals surface area contributed by atoms with Gasteiger partial charge in [0.15, 0.2) is 0 Å². The predicted octanol–water partition coefficient (Wildman–Crippen LogP) is 4.54. The van der Waals surface area contributed by atoms with E-state index in [0.29, 0.717) is 23.9 Å². The van der Waals surface area contributed by atoms with E-state index in [1.54, 1.807) is 18.2 Å². The number of carbonyl (C=O) groups excluding carboxylic acids is 1. The molecule has 0 bridgehead atoms. The van der Waals surface area contributed by atoms with E-state index in [2.05, 4.69) is 15.2 Å². The SMILES string of the molecule is CCn1c(C(=O)NC2CCC(CCN3CCc4ccc(CCC(F)(F)F)nc4CC3)CC2)cccc1=O. The monoisotopic (exact) mass is 518 g/mol. The summed E-state index contributed by atoms with van der Waals surface area (Å²) in [5.41, 5.74) is 2.89. The van der Waals surface area contributed by atoms with E-state index in [1.807, 2.05) is 13.0 Å². The Balaban J connectivity index is 1.20. The van der Waals surface area contributed by atoms with E-state index in [-0.39, 0.29) is 23.9 Å². The number of nitrogens with one attached hydrogen (secondary N) is 1. The van der Waals surface area contributed by atoms with Gasteiger partial charge in [-0.3, -0.25) is 14.6 Å². The van der Waals surface area contributed by atoms with Crippen LogP contribution in [-0.2, 0) is 25.8 Å². The average Bonchev–Trinajstić information content (AvgIpc) is 3.08. The highest BCUT2D eigenvalue weighted by Gasteiger charge is 2.27. The highest BCUT2D eigenvalue weighted by Crippen LogP contribution is 2.28. The van der Waals surface area contributed by atoms with Crippen molar-refractivity contribution >= 4 is 5.91 Å². The van der Waals surface area contributed by atoms with Crippen molar-refractivity contribution in [2.75, 3.05) is 19.6 Å². The van der Waals surface area contributed by atoms with Gasteiger partial charge in [0.25, 0.3) is 11.5 Å². The summed E-state index contributed by atoms with van der Waals surface area (Å²) in [7, 11) is 0. The largest absolute Gasteiger partial charge is 0.389 e. The Labute approximate surface area is 216 Å². The summed E-state index contributed by atoms with van der Waals surface area (Å²) >= 11 is 0. The molecule has 1 N–H and O–H groups in total. The molecule has 0 saturated heterocycles. The van der Waals surface area contributed by atoms with Gasteiger partial charge in [0, 0.05) is 56.0 Å². The normalized spacial score (nSPS) is 20.8. The number of fused-ring (bicyclic) bond motifs is 1. The van der Waals surface area contributed by atoms with Gasteiger partial charge in [-0.05, 0) is 82.0 Å². The molecule has 2 aromatic heterocycles. The topological polar surface area (TPSA) is 67.2 Å². The standard InChI is InChI=1S/C28H37F3N4O2/c1-2-35-25(4-3-5-26(35)36)27(37)33-22-9-6-20(7-10-22)13-17-34-18-14-21-8-11-23(12-16-28(29,30)31)32-24(21)15-19-34/h3-5,8,11,20,22H,2,6-7,9-10,12-19H2,1H3,(H,33,37). The van der Waals surface area contributed by atoms with Crippen LogP contribution in [0.1, 0.15) is 72.9 Å². The molecule has 1 amide bonds. The van der Waals surface area contributed by atoms with Gasteiger partial charge in [-0.25, -0.2) is 0 Å². The van der Waals surface area contributed by atoms with Crippen LogP contribution in [0.4, 0.5) is 13.2 Å². The second kappa shape index (κ2) is 12.2. The van der Waals surface area contributed by atoms with Crippen LogP contribution < -0.4 is 10.9 Å². The number of carbonyl (C=O) groups is 1. The third kappa shape index (κ3) is 7.66. The zero-order valence-corrected chi connectivity index (χ0v) is 21.5. The number of halogens is 3. The molecular weight excluding hydrogens is 481 g/mol. The quantitative estimate of drug-likeness (QED) is 0.557. The predicted molar refractivity (Wildman–Crippen MR) is 137 cm³/mol. The molecule has 1 saturated carbocycles. The highest BCUT2D eigenvalue weighted by molar-refractivity contribution is 5.92. The minimum atomic E-state index is -4.16. The van der Waals surface area contributed by atoms with Crippen LogP contribution in [0.25, 0.3) is 0 Å². The molecule has 2 aliphatic rings. The minimum absolute atomic E-state index is 0.0622. The van der Waals surface area contributed by atoms with Crippen molar-refractivity contribution in [2.24, 2.45) is 5.92 Å². The number of pyridine rings is 2. The number of hydrogen-bond acceptors (Lipinski definition) is 4. The Hall–Kier alpha value is -2.68. The molecule has 0 atom stereocenters. The van der Waals surface area contributed by atoms with Crippen molar-refractivity contribution < 1.29 is 18.0 Å². The number of hydrogen-bond donors (Lipinski definition) is 1. The first kappa shape index (κ1) is 27.4. The highest BCUT2D eigenvalue weighted by atomic mass is 19.4. The minimum Gasteiger partial charge on any atom is -0.348 e. The number of rotatable bonds is 8. The molecule has 0 spiro atoms. The van der Waals surface area contributed by atoms with Crippen molar-refractivity contribution in [3.63, 3.8) is 0 Å². The van der Waals surface area contributed by atoms with Crippen LogP contribution >= 0.6 is 0 Å². The summed E-state index contributed by atoms with van der Waals surface area (Å²) in [4.78, 5) is 31.8. The molecule has 0 unspecified atom stereocenters. The maximum absolute atomic E-state index is 12.8. The van der Waals surface area contributed by atoms with Gasteiger partial charge in [-0.2, -0.15) is 13.2 Å². The Morgan fingerprint density at radius 2 is 1.84 bits per heavy atom. The molecule has 1 aliphatic carbocycles. The molecule has 4 rings (SSSR count). The van der Waals surface area contributed by atoms with E-state index >= 15 is 0 Å². The van der Waals surface area contributed by atoms with Crippen LogP contribution in [0.15, 0.2) is 35.1 Å². The molecule has 6 nitrogen and oxygen atoms in total. The lowest BCUT2D eigenvalue weighted by Crippen LogP contribution is -2.40. The maximum Gasteiger partial charge on any atom is 0.389 e. The van der Waals surface area contributed by atoms with Crippen LogP contribution in [0.2, 0.25) is 0 Å². The Bertz CT molecular complexity index is 1120. The van der Waals surface area contributed by atoms with Crippen molar-refractivity contribution in [2.45, 2.75) is 83.5 Å². The Kier molecular flexibility index (Phi) is 9.05. The van der Waals surface area contributed by atoms with Crippen LogP contribution in [0.5, 0.6) is 0 Å². The van der Waals surface area contributed by atoms with Gasteiger partial charge in [0.2, 0.25) is 0 Å². The molecule has 2 aromatic rings. The number of aromatic nitrogens is 2. The first-order valence-corrected chi connectivity index (χ1v) is 13.5. The van der Waals surface area contributed by atoms with Gasteiger partial charge in [0.1, 0.15) is 5.69 Å². The Morgan fingerprint density at radius 1 is 1.08 bits per heavy atom. The summed E-state index contributed by atoms with van der Waals surface area (Å²) in [6.45, 7) is 5.15. The average molecular weight is 519 g/mol. The van der Waals surface area contributed by atoms with Gasteiger partial charge in [0.05, 0.1) is 0 Å². The summed E-state index contributed by atoms with van der Waals surface area (Å²) in [6.07, 6.45) is 1.73. The van der Waals surface area contributed by atoms with Gasteiger partial charge in [-0.1, -0.05) is 12.1 Å². The third-order valence-corrected chi connectivity index (χ3v) is 7.79. The van der Waals surface area contributed by atoms with E-state index in [9.17, 15) is 22.8 Å². The van der Waals surface area contributed by atoms with Crippen molar-refractivity contribution in [1.82, 2.24) is 19.8 Å². The number of aryl methyl sites for hydroxylation is 1. The fourth-order valence-electron chi connectivity index (χ4n) is 5.57. The Morgan fingerprint density at radius 3 is 2.57 bits per heavy atom. The lowest BCUT2D eigenvalue weighted by Gasteiger charge is -2.31. The molecule has 0 aromatic carbocycles. The second-order valence-corrected chi connectivity index (χ2v) is 10.3. The van der Waals surface area contributed by atoms with Crippen molar-refractivity contribution in [3.05, 3.63) is 63.3 Å². The van der Waals surface area contributed by atoms with Crippen LogP contribution in [0, 0.1) is 5.92 Å². The van der Waals surface area contributed by atoms with Gasteiger partial charge >= 0.3 is 6.18 Å². The third-order valence-electron chi connectivity index (χ3n) is 7.79. The lowest BCUT2D eigenvalue weighted by molar-refractivity contribution is -0.134. The molecule has 1 aliphatic heterocycles. The fraction of sp³-hybridized carbons (Fsp3) is 0.607. The number of nitrogens with zero attached hydrogens (tertiary/aromatic N) is 3. The zero-order chi connectivity index (χ0) is 26.4. The summed E-state index contributed by atoms with van der Waals surface area (Å²) in [5, 5.41) is 3.12. The van der Waals surface area contributed by atoms with E-state index in [4.69, 9.17) is 0 Å². The smallest absolute Gasteiger partial charge is 0.348 e. The van der Waals surface area contributed by atoms with Gasteiger partial charge in [-0.15, -0.1) is 0 Å². The van der Waals surface area contributed by atoms with Crippen molar-refractivity contribution in [1.29, 1.82) is 0 Å². The van der Waals surface area contributed by atoms with E-state index in [1.165, 1.54) is 10.6 Å². The molecule has 9 heteroatoms. The van der Waals surface area contributed by atoms with E-state index in [0.717, 1.165) is 75.8 Å². The number of alkyl halides is 3.